The molecule has 0 aromatic carbocycles. The molecule has 0 unspecified atom stereocenters. The first kappa shape index (κ1) is 18.7. The maximum Gasteiger partial charge on any atom is 0.244 e. The van der Waals surface area contributed by atoms with E-state index in [0.717, 1.165) is 25.7 Å². The average Bonchev–Trinajstić information content (AvgIpc) is 3.29. The largest absolute Gasteiger partial charge is 0.352 e. The number of nitrogens with one attached hydrogen (secondary N) is 1. The molecule has 1 saturated carbocycles. The Morgan fingerprint density at radius 1 is 1.24 bits per heavy atom. The maximum absolute atomic E-state index is 12.5. The normalized spacial score (nSPS) is 20.7. The van der Waals surface area contributed by atoms with Crippen molar-refractivity contribution in [1.82, 2.24) is 14.6 Å². The summed E-state index contributed by atoms with van der Waals surface area (Å²) in [5.74, 6) is 0.0208. The first-order chi connectivity index (χ1) is 12.0. The lowest BCUT2D eigenvalue weighted by atomic mass is 10.2. The summed E-state index contributed by atoms with van der Waals surface area (Å²) >= 11 is 1.36. The van der Waals surface area contributed by atoms with Gasteiger partial charge in [-0.05, 0) is 44.7 Å². The molecular weight excluding hydrogens is 358 g/mol. The summed E-state index contributed by atoms with van der Waals surface area (Å²) in [4.78, 5) is 16.7. The van der Waals surface area contributed by atoms with Crippen molar-refractivity contribution >= 4 is 27.7 Å². The summed E-state index contributed by atoms with van der Waals surface area (Å²) in [7, 11) is -3.43. The molecule has 2 aliphatic rings. The molecule has 1 aliphatic carbocycles. The van der Waals surface area contributed by atoms with Gasteiger partial charge in [-0.15, -0.1) is 0 Å². The van der Waals surface area contributed by atoms with Crippen molar-refractivity contribution in [3.8, 4) is 0 Å². The average molecular weight is 384 g/mol. The standard InChI is InChI=1S/C17H25N3O3S2/c1-13(17(21)19-14-6-2-3-7-14)24-16-9-8-15(12-18-16)25(22,23)20-10-4-5-11-20/h8-9,12-14H,2-7,10-11H2,1H3,(H,19,21)/t13-/m0/s1. The number of pyridine rings is 1. The van der Waals surface area contributed by atoms with Gasteiger partial charge < -0.3 is 5.32 Å². The molecule has 25 heavy (non-hydrogen) atoms. The monoisotopic (exact) mass is 383 g/mol. The number of hydrogen-bond donors (Lipinski definition) is 1. The first-order valence-electron chi connectivity index (χ1n) is 8.90. The molecule has 2 heterocycles. The summed E-state index contributed by atoms with van der Waals surface area (Å²) in [5, 5.41) is 3.49. The zero-order valence-corrected chi connectivity index (χ0v) is 16.1. The van der Waals surface area contributed by atoms with E-state index >= 15 is 0 Å². The fourth-order valence-electron chi connectivity index (χ4n) is 3.29. The third kappa shape index (κ3) is 4.54. The van der Waals surface area contributed by atoms with E-state index in [2.05, 4.69) is 10.3 Å². The zero-order chi connectivity index (χ0) is 17.9. The highest BCUT2D eigenvalue weighted by Gasteiger charge is 2.27. The van der Waals surface area contributed by atoms with Crippen LogP contribution in [0.15, 0.2) is 28.3 Å². The minimum atomic E-state index is -3.43. The van der Waals surface area contributed by atoms with Gasteiger partial charge in [-0.1, -0.05) is 24.6 Å². The molecule has 1 saturated heterocycles. The van der Waals surface area contributed by atoms with Gasteiger partial charge in [-0.25, -0.2) is 13.4 Å². The third-order valence-electron chi connectivity index (χ3n) is 4.78. The van der Waals surface area contributed by atoms with Crippen molar-refractivity contribution in [2.45, 2.75) is 66.7 Å². The van der Waals surface area contributed by atoms with Gasteiger partial charge in [0.2, 0.25) is 15.9 Å². The van der Waals surface area contributed by atoms with Gasteiger partial charge in [0.25, 0.3) is 0 Å². The van der Waals surface area contributed by atoms with Crippen molar-refractivity contribution in [2.75, 3.05) is 13.1 Å². The Bertz CT molecular complexity index is 694. The Hall–Kier alpha value is -1.12. The summed E-state index contributed by atoms with van der Waals surface area (Å²) in [6.45, 7) is 3.01. The van der Waals surface area contributed by atoms with E-state index in [0.29, 0.717) is 24.2 Å². The molecule has 1 aliphatic heterocycles. The Morgan fingerprint density at radius 2 is 1.92 bits per heavy atom. The van der Waals surface area contributed by atoms with Crippen LogP contribution in [0.1, 0.15) is 45.4 Å². The Balaban J connectivity index is 1.59. The minimum absolute atomic E-state index is 0.0208. The fraction of sp³-hybridized carbons (Fsp3) is 0.647. The van der Waals surface area contributed by atoms with Crippen LogP contribution in [0.5, 0.6) is 0 Å². The number of rotatable bonds is 6. The number of hydrogen-bond acceptors (Lipinski definition) is 5. The van der Waals surface area contributed by atoms with Gasteiger partial charge >= 0.3 is 0 Å². The quantitative estimate of drug-likeness (QED) is 0.763. The maximum atomic E-state index is 12.5. The van der Waals surface area contributed by atoms with Gasteiger partial charge in [0.05, 0.1) is 10.3 Å². The van der Waals surface area contributed by atoms with Crippen LogP contribution in [0, 0.1) is 0 Å². The predicted molar refractivity (Wildman–Crippen MR) is 97.9 cm³/mol. The lowest BCUT2D eigenvalue weighted by molar-refractivity contribution is -0.120. The van der Waals surface area contributed by atoms with Crippen molar-refractivity contribution < 1.29 is 13.2 Å². The van der Waals surface area contributed by atoms with Crippen LogP contribution in [0.4, 0.5) is 0 Å². The SMILES string of the molecule is C[C@H](Sc1ccc(S(=O)(=O)N2CCCC2)cn1)C(=O)NC1CCCC1. The molecule has 138 valence electrons. The van der Waals surface area contributed by atoms with E-state index in [1.807, 2.05) is 6.92 Å². The van der Waals surface area contributed by atoms with E-state index in [9.17, 15) is 13.2 Å². The van der Waals surface area contributed by atoms with Crippen LogP contribution < -0.4 is 5.32 Å². The second kappa shape index (κ2) is 8.05. The highest BCUT2D eigenvalue weighted by Crippen LogP contribution is 2.25. The molecule has 6 nitrogen and oxygen atoms in total. The van der Waals surface area contributed by atoms with Crippen LogP contribution in [0.2, 0.25) is 0 Å². The van der Waals surface area contributed by atoms with Crippen LogP contribution in [0.3, 0.4) is 0 Å². The van der Waals surface area contributed by atoms with E-state index in [-0.39, 0.29) is 16.1 Å². The second-order valence-electron chi connectivity index (χ2n) is 6.69. The van der Waals surface area contributed by atoms with E-state index < -0.39 is 10.0 Å². The highest BCUT2D eigenvalue weighted by molar-refractivity contribution is 8.00. The van der Waals surface area contributed by atoms with Crippen LogP contribution in [-0.4, -0.2) is 48.0 Å². The molecule has 0 spiro atoms. The Labute approximate surface area is 153 Å². The molecular formula is C17H25N3O3S2. The number of amides is 1. The Morgan fingerprint density at radius 3 is 2.52 bits per heavy atom. The molecule has 0 radical (unpaired) electrons. The number of thioether (sulfide) groups is 1. The smallest absolute Gasteiger partial charge is 0.244 e. The van der Waals surface area contributed by atoms with Crippen LogP contribution in [0.25, 0.3) is 0 Å². The Kier molecular flexibility index (Phi) is 6.01. The third-order valence-corrected chi connectivity index (χ3v) is 7.71. The van der Waals surface area contributed by atoms with Crippen molar-refractivity contribution in [3.05, 3.63) is 18.3 Å². The first-order valence-corrected chi connectivity index (χ1v) is 11.2. The van der Waals surface area contributed by atoms with E-state index in [4.69, 9.17) is 0 Å². The van der Waals surface area contributed by atoms with Crippen molar-refractivity contribution in [1.29, 1.82) is 0 Å². The molecule has 8 heteroatoms. The number of carbonyl (C=O) groups is 1. The molecule has 0 bridgehead atoms. The molecule has 1 aromatic rings. The molecule has 3 rings (SSSR count). The molecule has 1 N–H and O–H groups in total. The molecule has 1 amide bonds. The van der Waals surface area contributed by atoms with Crippen molar-refractivity contribution in [3.63, 3.8) is 0 Å². The predicted octanol–water partition coefficient (Wildman–Crippen LogP) is 2.41. The topological polar surface area (TPSA) is 79.4 Å². The number of nitrogens with zero attached hydrogens (tertiary/aromatic N) is 2. The summed E-state index contributed by atoms with van der Waals surface area (Å²) in [6, 6.07) is 3.58. The summed E-state index contributed by atoms with van der Waals surface area (Å²) in [5.41, 5.74) is 0. The van der Waals surface area contributed by atoms with E-state index in [1.54, 1.807) is 12.1 Å². The van der Waals surface area contributed by atoms with Gasteiger partial charge in [0.1, 0.15) is 4.90 Å². The lowest BCUT2D eigenvalue weighted by Gasteiger charge is -2.17. The minimum Gasteiger partial charge on any atom is -0.352 e. The van der Waals surface area contributed by atoms with Crippen LogP contribution in [-0.2, 0) is 14.8 Å². The fourth-order valence-corrected chi connectivity index (χ4v) is 5.55. The van der Waals surface area contributed by atoms with Gasteiger partial charge in [0.15, 0.2) is 0 Å². The zero-order valence-electron chi connectivity index (χ0n) is 14.5. The van der Waals surface area contributed by atoms with Crippen LogP contribution >= 0.6 is 11.8 Å². The summed E-state index contributed by atoms with van der Waals surface area (Å²) < 4.78 is 26.5. The number of sulfonamides is 1. The summed E-state index contributed by atoms with van der Waals surface area (Å²) in [6.07, 6.45) is 7.71. The number of carbonyl (C=O) groups excluding carboxylic acids is 1. The van der Waals surface area contributed by atoms with Gasteiger partial charge in [-0.3, -0.25) is 4.79 Å². The highest BCUT2D eigenvalue weighted by atomic mass is 32.2. The number of aromatic nitrogens is 1. The van der Waals surface area contributed by atoms with Crippen molar-refractivity contribution in [2.24, 2.45) is 0 Å². The molecule has 1 atom stereocenters. The van der Waals surface area contributed by atoms with Gasteiger partial charge in [-0.2, -0.15) is 4.31 Å². The lowest BCUT2D eigenvalue weighted by Crippen LogP contribution is -2.37. The second-order valence-corrected chi connectivity index (χ2v) is 9.99. The van der Waals surface area contributed by atoms with E-state index in [1.165, 1.54) is 35.1 Å². The molecule has 1 aromatic heterocycles. The van der Waals surface area contributed by atoms with Gasteiger partial charge in [0, 0.05) is 25.3 Å². The molecule has 2 fully saturated rings.